The minimum absolute atomic E-state index is 0.184. The molecule has 0 aliphatic heterocycles. The fourth-order valence-electron chi connectivity index (χ4n) is 2.24. The minimum atomic E-state index is -1.59. The van der Waals surface area contributed by atoms with Gasteiger partial charge in [0.25, 0.3) is 0 Å². The van der Waals surface area contributed by atoms with E-state index < -0.39 is 24.8 Å². The van der Waals surface area contributed by atoms with Crippen LogP contribution in [0.1, 0.15) is 11.1 Å². The van der Waals surface area contributed by atoms with Crippen LogP contribution in [0.5, 0.6) is 0 Å². The zero-order valence-electron chi connectivity index (χ0n) is 12.7. The molecule has 5 nitrogen and oxygen atoms in total. The third-order valence-corrected chi connectivity index (χ3v) is 3.51. The van der Waals surface area contributed by atoms with Gasteiger partial charge in [-0.25, -0.2) is 0 Å². The van der Waals surface area contributed by atoms with Gasteiger partial charge in [-0.2, -0.15) is 0 Å². The minimum Gasteiger partial charge on any atom is -0.387 e. The van der Waals surface area contributed by atoms with Crippen LogP contribution in [0.4, 0.5) is 0 Å². The molecular weight excluding hydrogens is 296 g/mol. The fraction of sp³-hybridized carbons (Fsp3) is 0.333. The standard InChI is InChI=1S/C18H22O5/c19-15(11-13-7-3-1-4-8-13)17(21)23-18(22)16(20)12-14-9-5-2-6-10-14/h1-10,15-22H,11-12H2. The lowest BCUT2D eigenvalue weighted by Crippen LogP contribution is -2.39. The van der Waals surface area contributed by atoms with Crippen molar-refractivity contribution in [3.63, 3.8) is 0 Å². The molecule has 4 atom stereocenters. The molecule has 2 aromatic carbocycles. The summed E-state index contributed by atoms with van der Waals surface area (Å²) in [7, 11) is 0. The van der Waals surface area contributed by atoms with Gasteiger partial charge in [-0.05, 0) is 11.1 Å². The van der Waals surface area contributed by atoms with Gasteiger partial charge in [-0.1, -0.05) is 60.7 Å². The van der Waals surface area contributed by atoms with Crippen LogP contribution >= 0.6 is 0 Å². The van der Waals surface area contributed by atoms with Gasteiger partial charge in [0.05, 0.1) is 0 Å². The molecule has 5 heteroatoms. The number of benzene rings is 2. The number of aliphatic hydroxyl groups is 4. The molecule has 0 heterocycles. The second kappa shape index (κ2) is 8.76. The summed E-state index contributed by atoms with van der Waals surface area (Å²) >= 11 is 0. The number of hydrogen-bond donors (Lipinski definition) is 4. The molecule has 4 unspecified atom stereocenters. The van der Waals surface area contributed by atoms with E-state index in [-0.39, 0.29) is 12.8 Å². The molecule has 0 radical (unpaired) electrons. The Balaban J connectivity index is 1.82. The number of rotatable bonds is 8. The van der Waals surface area contributed by atoms with Gasteiger partial charge in [-0.15, -0.1) is 0 Å². The maximum absolute atomic E-state index is 9.92. The second-order valence-corrected chi connectivity index (χ2v) is 5.43. The summed E-state index contributed by atoms with van der Waals surface area (Å²) in [5.74, 6) is 0. The Labute approximate surface area is 135 Å². The largest absolute Gasteiger partial charge is 0.387 e. The fourth-order valence-corrected chi connectivity index (χ4v) is 2.24. The smallest absolute Gasteiger partial charge is 0.184 e. The molecule has 0 saturated heterocycles. The van der Waals surface area contributed by atoms with Crippen molar-refractivity contribution in [3.05, 3.63) is 71.8 Å². The highest BCUT2D eigenvalue weighted by Crippen LogP contribution is 2.12. The summed E-state index contributed by atoms with van der Waals surface area (Å²) in [6.07, 6.45) is -5.20. The van der Waals surface area contributed by atoms with E-state index in [1.165, 1.54) is 0 Å². The average Bonchev–Trinajstić information content (AvgIpc) is 2.56. The summed E-state index contributed by atoms with van der Waals surface area (Å²) in [5, 5.41) is 39.5. The highest BCUT2D eigenvalue weighted by Gasteiger charge is 2.25. The van der Waals surface area contributed by atoms with Gasteiger partial charge in [0.2, 0.25) is 0 Å². The first-order valence-electron chi connectivity index (χ1n) is 7.52. The molecule has 0 fully saturated rings. The van der Waals surface area contributed by atoms with Crippen LogP contribution < -0.4 is 0 Å². The maximum Gasteiger partial charge on any atom is 0.184 e. The molecule has 23 heavy (non-hydrogen) atoms. The molecule has 4 N–H and O–H groups in total. The molecule has 124 valence electrons. The van der Waals surface area contributed by atoms with Crippen LogP contribution in [0.15, 0.2) is 60.7 Å². The Kier molecular flexibility index (Phi) is 6.70. The van der Waals surface area contributed by atoms with Crippen molar-refractivity contribution in [1.82, 2.24) is 0 Å². The van der Waals surface area contributed by atoms with Crippen LogP contribution in [0.2, 0.25) is 0 Å². The SMILES string of the molecule is OC(Cc1ccccc1)C(O)OC(O)C(O)Cc1ccccc1. The number of hydrogen-bond acceptors (Lipinski definition) is 5. The lowest BCUT2D eigenvalue weighted by Gasteiger charge is -2.24. The van der Waals surface area contributed by atoms with E-state index in [4.69, 9.17) is 4.74 Å². The first kappa shape index (κ1) is 17.6. The Morgan fingerprint density at radius 1 is 0.609 bits per heavy atom. The molecule has 0 amide bonds. The molecule has 0 spiro atoms. The Hall–Kier alpha value is -1.76. The zero-order valence-corrected chi connectivity index (χ0v) is 12.7. The monoisotopic (exact) mass is 318 g/mol. The van der Waals surface area contributed by atoms with Crippen molar-refractivity contribution in [2.24, 2.45) is 0 Å². The molecule has 2 rings (SSSR count). The summed E-state index contributed by atoms with van der Waals surface area (Å²) < 4.78 is 4.93. The molecule has 0 saturated carbocycles. The van der Waals surface area contributed by atoms with E-state index in [2.05, 4.69) is 0 Å². The van der Waals surface area contributed by atoms with Crippen molar-refractivity contribution in [3.8, 4) is 0 Å². The molecule has 0 aliphatic rings. The van der Waals surface area contributed by atoms with E-state index in [9.17, 15) is 20.4 Å². The predicted octanol–water partition coefficient (Wildman–Crippen LogP) is 0.847. The summed E-state index contributed by atoms with van der Waals surface area (Å²) in [4.78, 5) is 0. The van der Waals surface area contributed by atoms with E-state index >= 15 is 0 Å². The number of aliphatic hydroxyl groups excluding tert-OH is 4. The third-order valence-electron chi connectivity index (χ3n) is 3.51. The maximum atomic E-state index is 9.92. The van der Waals surface area contributed by atoms with Crippen molar-refractivity contribution < 1.29 is 25.2 Å². The molecule has 2 aromatic rings. The lowest BCUT2D eigenvalue weighted by molar-refractivity contribution is -0.265. The van der Waals surface area contributed by atoms with Gasteiger partial charge in [0, 0.05) is 12.8 Å². The zero-order chi connectivity index (χ0) is 16.7. The van der Waals surface area contributed by atoms with Crippen LogP contribution in [0, 0.1) is 0 Å². The highest BCUT2D eigenvalue weighted by atomic mass is 16.7. The summed E-state index contributed by atoms with van der Waals surface area (Å²) in [5.41, 5.74) is 1.67. The van der Waals surface area contributed by atoms with Crippen LogP contribution in [-0.2, 0) is 17.6 Å². The average molecular weight is 318 g/mol. The van der Waals surface area contributed by atoms with Gasteiger partial charge < -0.3 is 25.2 Å². The lowest BCUT2D eigenvalue weighted by atomic mass is 10.1. The van der Waals surface area contributed by atoms with E-state index in [1.807, 2.05) is 60.7 Å². The van der Waals surface area contributed by atoms with Gasteiger partial charge in [-0.3, -0.25) is 0 Å². The number of ether oxygens (including phenoxy) is 1. The van der Waals surface area contributed by atoms with E-state index in [0.717, 1.165) is 11.1 Å². The summed E-state index contributed by atoms with van der Waals surface area (Å²) in [6, 6.07) is 18.3. The van der Waals surface area contributed by atoms with Crippen molar-refractivity contribution in [2.75, 3.05) is 0 Å². The molecule has 0 bridgehead atoms. The molecule has 0 aliphatic carbocycles. The van der Waals surface area contributed by atoms with Crippen molar-refractivity contribution >= 4 is 0 Å². The molecule has 0 aromatic heterocycles. The van der Waals surface area contributed by atoms with Crippen LogP contribution in [0.3, 0.4) is 0 Å². The van der Waals surface area contributed by atoms with Gasteiger partial charge >= 0.3 is 0 Å². The van der Waals surface area contributed by atoms with E-state index in [1.54, 1.807) is 0 Å². The van der Waals surface area contributed by atoms with Gasteiger partial charge in [0.15, 0.2) is 12.6 Å². The first-order chi connectivity index (χ1) is 11.1. The highest BCUT2D eigenvalue weighted by molar-refractivity contribution is 5.16. The molecular formula is C18H22O5. The Bertz CT molecular complexity index is 509. The van der Waals surface area contributed by atoms with Crippen LogP contribution in [0.25, 0.3) is 0 Å². The van der Waals surface area contributed by atoms with E-state index in [0.29, 0.717) is 0 Å². The second-order valence-electron chi connectivity index (χ2n) is 5.43. The topological polar surface area (TPSA) is 90.2 Å². The van der Waals surface area contributed by atoms with Crippen molar-refractivity contribution in [1.29, 1.82) is 0 Å². The quantitative estimate of drug-likeness (QED) is 0.542. The Morgan fingerprint density at radius 3 is 1.30 bits per heavy atom. The summed E-state index contributed by atoms with van der Waals surface area (Å²) in [6.45, 7) is 0. The van der Waals surface area contributed by atoms with Gasteiger partial charge in [0.1, 0.15) is 12.2 Å². The normalized spacial score (nSPS) is 16.5. The third kappa shape index (κ3) is 5.74. The Morgan fingerprint density at radius 2 is 0.957 bits per heavy atom. The first-order valence-corrected chi connectivity index (χ1v) is 7.52. The predicted molar refractivity (Wildman–Crippen MR) is 85.4 cm³/mol. The van der Waals surface area contributed by atoms with Crippen molar-refractivity contribution in [2.45, 2.75) is 37.6 Å². The van der Waals surface area contributed by atoms with Crippen LogP contribution in [-0.4, -0.2) is 45.2 Å².